The van der Waals surface area contributed by atoms with Crippen LogP contribution in [0.25, 0.3) is 0 Å². The molecule has 1 N–H and O–H groups in total. The number of aryl methyl sites for hydroxylation is 1. The van der Waals surface area contributed by atoms with Crippen LogP contribution < -0.4 is 9.47 Å². The molecule has 0 amide bonds. The van der Waals surface area contributed by atoms with E-state index < -0.39 is 12.2 Å². The van der Waals surface area contributed by atoms with Crippen LogP contribution in [0.3, 0.4) is 0 Å². The maximum atomic E-state index is 13.0. The molecule has 152 valence electrons. The van der Waals surface area contributed by atoms with E-state index in [0.29, 0.717) is 11.3 Å². The van der Waals surface area contributed by atoms with Crippen molar-refractivity contribution in [3.8, 4) is 11.5 Å². The molecule has 1 aromatic heterocycles. The summed E-state index contributed by atoms with van der Waals surface area (Å²) in [6.07, 6.45) is -0.404. The molecule has 0 unspecified atom stereocenters. The van der Waals surface area contributed by atoms with Crippen molar-refractivity contribution in [2.24, 2.45) is 5.10 Å². The molecule has 29 heavy (non-hydrogen) atoms. The lowest BCUT2D eigenvalue weighted by Gasteiger charge is -2.11. The lowest BCUT2D eigenvalue weighted by atomic mass is 10.1. The van der Waals surface area contributed by atoms with Gasteiger partial charge >= 0.3 is 0 Å². The first-order valence-corrected chi connectivity index (χ1v) is 9.31. The summed E-state index contributed by atoms with van der Waals surface area (Å²) in [6.45, 7) is 2.37. The molecule has 0 spiro atoms. The highest BCUT2D eigenvalue weighted by molar-refractivity contribution is 7.71. The van der Waals surface area contributed by atoms with Crippen LogP contribution in [0.4, 0.5) is 8.78 Å². The fourth-order valence-corrected chi connectivity index (χ4v) is 2.84. The number of nitrogens with zero attached hydrogens (tertiary/aromatic N) is 3. The molecule has 0 saturated heterocycles. The summed E-state index contributed by atoms with van der Waals surface area (Å²) in [6, 6.07) is 13.2. The second-order valence-corrected chi connectivity index (χ2v) is 6.49. The SMILES string of the molecule is CCc1ccc(OCc2cc(/C=N\n3c(C(F)F)n[nH]c3=S)ccc2OC)cc1. The molecule has 0 aliphatic carbocycles. The zero-order chi connectivity index (χ0) is 20.8. The minimum Gasteiger partial charge on any atom is -0.496 e. The fraction of sp³-hybridized carbons (Fsp3) is 0.250. The standard InChI is InChI=1S/C20H20F2N4O2S/c1-3-13-4-7-16(8-5-13)28-12-15-10-14(6-9-17(15)27-2)11-23-26-19(18(21)22)24-25-20(26)29/h4-11,18H,3,12H2,1-2H3,(H,25,29)/b23-11-. The molecule has 0 bridgehead atoms. The maximum Gasteiger partial charge on any atom is 0.299 e. The molecule has 1 heterocycles. The number of H-pyrrole nitrogens is 1. The van der Waals surface area contributed by atoms with Gasteiger partial charge in [0.2, 0.25) is 10.6 Å². The summed E-state index contributed by atoms with van der Waals surface area (Å²) < 4.78 is 38.1. The summed E-state index contributed by atoms with van der Waals surface area (Å²) in [7, 11) is 1.57. The number of halogens is 2. The van der Waals surface area contributed by atoms with Gasteiger partial charge in [-0.15, -0.1) is 0 Å². The first-order chi connectivity index (χ1) is 14.0. The smallest absolute Gasteiger partial charge is 0.299 e. The van der Waals surface area contributed by atoms with E-state index in [9.17, 15) is 8.78 Å². The first kappa shape index (κ1) is 20.7. The summed E-state index contributed by atoms with van der Waals surface area (Å²) in [5.74, 6) is 0.856. The topological polar surface area (TPSA) is 64.4 Å². The largest absolute Gasteiger partial charge is 0.496 e. The monoisotopic (exact) mass is 418 g/mol. The van der Waals surface area contributed by atoms with Crippen LogP contribution in [0.15, 0.2) is 47.6 Å². The van der Waals surface area contributed by atoms with Gasteiger partial charge in [0.25, 0.3) is 6.43 Å². The molecule has 2 aromatic carbocycles. The molecule has 0 saturated carbocycles. The van der Waals surface area contributed by atoms with Crippen LogP contribution in [-0.2, 0) is 13.0 Å². The second kappa shape index (κ2) is 9.42. The number of benzene rings is 2. The third kappa shape index (κ3) is 5.05. The van der Waals surface area contributed by atoms with Gasteiger partial charge in [-0.2, -0.15) is 14.9 Å². The van der Waals surface area contributed by atoms with E-state index in [-0.39, 0.29) is 11.4 Å². The number of nitrogens with one attached hydrogen (secondary N) is 1. The molecule has 0 fully saturated rings. The normalized spacial score (nSPS) is 11.3. The molecule has 0 aliphatic rings. The van der Waals surface area contributed by atoms with Crippen LogP contribution in [0.2, 0.25) is 0 Å². The van der Waals surface area contributed by atoms with Crippen molar-refractivity contribution >= 4 is 18.4 Å². The minimum atomic E-state index is -2.79. The predicted octanol–water partition coefficient (Wildman–Crippen LogP) is 4.91. The van der Waals surface area contributed by atoms with Gasteiger partial charge in [0.1, 0.15) is 18.1 Å². The Morgan fingerprint density at radius 3 is 2.66 bits per heavy atom. The van der Waals surface area contributed by atoms with Crippen molar-refractivity contribution in [2.75, 3.05) is 7.11 Å². The van der Waals surface area contributed by atoms with Crippen LogP contribution >= 0.6 is 12.2 Å². The molecule has 9 heteroatoms. The quantitative estimate of drug-likeness (QED) is 0.417. The van der Waals surface area contributed by atoms with Gasteiger partial charge in [-0.1, -0.05) is 19.1 Å². The van der Waals surface area contributed by atoms with E-state index in [1.54, 1.807) is 19.2 Å². The lowest BCUT2D eigenvalue weighted by Crippen LogP contribution is -2.02. The lowest BCUT2D eigenvalue weighted by molar-refractivity contribution is 0.136. The Hall–Kier alpha value is -3.07. The van der Waals surface area contributed by atoms with Crippen molar-refractivity contribution in [3.05, 3.63) is 69.8 Å². The van der Waals surface area contributed by atoms with Gasteiger partial charge in [0.15, 0.2) is 0 Å². The average Bonchev–Trinajstić information content (AvgIpc) is 3.11. The fourth-order valence-electron chi connectivity index (χ4n) is 2.66. The van der Waals surface area contributed by atoms with E-state index in [1.165, 1.54) is 11.8 Å². The van der Waals surface area contributed by atoms with Gasteiger partial charge in [-0.25, -0.2) is 13.9 Å². The van der Waals surface area contributed by atoms with E-state index in [2.05, 4.69) is 22.2 Å². The third-order valence-corrected chi connectivity index (χ3v) is 4.49. The zero-order valence-electron chi connectivity index (χ0n) is 15.9. The number of hydrogen-bond donors (Lipinski definition) is 1. The second-order valence-electron chi connectivity index (χ2n) is 6.10. The van der Waals surface area contributed by atoms with Crippen molar-refractivity contribution in [1.29, 1.82) is 0 Å². The van der Waals surface area contributed by atoms with Crippen LogP contribution in [0.5, 0.6) is 11.5 Å². The average molecular weight is 418 g/mol. The molecule has 3 rings (SSSR count). The Labute approximate surface area is 171 Å². The van der Waals surface area contributed by atoms with Crippen molar-refractivity contribution < 1.29 is 18.3 Å². The molecule has 3 aromatic rings. The summed E-state index contributed by atoms with van der Waals surface area (Å²) in [5, 5.41) is 9.83. The van der Waals surface area contributed by atoms with Crippen molar-refractivity contribution in [3.63, 3.8) is 0 Å². The zero-order valence-corrected chi connectivity index (χ0v) is 16.7. The number of ether oxygens (including phenoxy) is 2. The number of methoxy groups -OCH3 is 1. The van der Waals surface area contributed by atoms with Gasteiger partial charge in [0.05, 0.1) is 13.3 Å². The summed E-state index contributed by atoms with van der Waals surface area (Å²) >= 11 is 4.94. The number of alkyl halides is 2. The number of hydrogen-bond acceptors (Lipinski definition) is 5. The molecule has 6 nitrogen and oxygen atoms in total. The Kier molecular flexibility index (Phi) is 6.71. The number of aromatic amines is 1. The Balaban J connectivity index is 1.79. The van der Waals surface area contributed by atoms with Crippen LogP contribution in [0.1, 0.15) is 35.9 Å². The van der Waals surface area contributed by atoms with E-state index in [4.69, 9.17) is 21.7 Å². The van der Waals surface area contributed by atoms with E-state index in [0.717, 1.165) is 22.4 Å². The Morgan fingerprint density at radius 2 is 2.00 bits per heavy atom. The maximum absolute atomic E-state index is 13.0. The minimum absolute atomic E-state index is 0.0101. The summed E-state index contributed by atoms with van der Waals surface area (Å²) in [4.78, 5) is 0. The Bertz CT molecular complexity index is 1050. The van der Waals surface area contributed by atoms with Gasteiger partial charge in [-0.3, -0.25) is 0 Å². The molecular weight excluding hydrogens is 398 g/mol. The highest BCUT2D eigenvalue weighted by Crippen LogP contribution is 2.22. The molecule has 0 radical (unpaired) electrons. The third-order valence-electron chi connectivity index (χ3n) is 4.22. The molecule has 0 atom stereocenters. The van der Waals surface area contributed by atoms with Gasteiger partial charge in [-0.05, 0) is 60.1 Å². The van der Waals surface area contributed by atoms with E-state index >= 15 is 0 Å². The number of aromatic nitrogens is 3. The van der Waals surface area contributed by atoms with E-state index in [1.807, 2.05) is 30.3 Å². The van der Waals surface area contributed by atoms with Crippen LogP contribution in [0, 0.1) is 4.77 Å². The molecule has 0 aliphatic heterocycles. The first-order valence-electron chi connectivity index (χ1n) is 8.90. The van der Waals surface area contributed by atoms with Crippen molar-refractivity contribution in [2.45, 2.75) is 26.4 Å². The Morgan fingerprint density at radius 1 is 1.24 bits per heavy atom. The van der Waals surface area contributed by atoms with Crippen molar-refractivity contribution in [1.82, 2.24) is 14.9 Å². The summed E-state index contributed by atoms with van der Waals surface area (Å²) in [5.41, 5.74) is 2.70. The number of rotatable bonds is 8. The predicted molar refractivity (Wildman–Crippen MR) is 109 cm³/mol. The highest BCUT2D eigenvalue weighted by atomic mass is 32.1. The van der Waals surface area contributed by atoms with Gasteiger partial charge in [0, 0.05) is 5.56 Å². The molecular formula is C20H20F2N4O2S. The highest BCUT2D eigenvalue weighted by Gasteiger charge is 2.16. The van der Waals surface area contributed by atoms with Gasteiger partial charge < -0.3 is 9.47 Å². The van der Waals surface area contributed by atoms with Crippen LogP contribution in [-0.4, -0.2) is 28.2 Å².